The first kappa shape index (κ1) is 19.0. The number of halogens is 2. The summed E-state index contributed by atoms with van der Waals surface area (Å²) in [6, 6.07) is 1.75. The summed E-state index contributed by atoms with van der Waals surface area (Å²) in [5, 5.41) is 4.99. The number of ether oxygens (including phenoxy) is 3. The maximum atomic E-state index is 14.7. The molecule has 3 unspecified atom stereocenters. The standard InChI is InChI=1S/C17H18F2N4O6/c1-27-15(24)20-4-9-5-23(17(26)28-9)8-2-10(18)14(11(19)3-8)22-6-12-13(7-22)29-16(25)21-12/h2-3,9,12-13H,4-7H2,1H3,(H,20,24)(H,21,25). The van der Waals surface area contributed by atoms with Gasteiger partial charge in [0.1, 0.15) is 17.9 Å². The van der Waals surface area contributed by atoms with Gasteiger partial charge in [-0.25, -0.2) is 23.2 Å². The average Bonchev–Trinajstić information content (AvgIpc) is 3.31. The van der Waals surface area contributed by atoms with Crippen molar-refractivity contribution in [2.24, 2.45) is 0 Å². The van der Waals surface area contributed by atoms with E-state index in [0.717, 1.165) is 17.0 Å². The number of hydrogen-bond donors (Lipinski definition) is 2. The second kappa shape index (κ2) is 7.26. The number of fused-ring (bicyclic) bond motifs is 1. The number of benzene rings is 1. The number of nitrogens with one attached hydrogen (secondary N) is 2. The Labute approximate surface area is 163 Å². The van der Waals surface area contributed by atoms with E-state index in [1.807, 2.05) is 0 Å². The second-order valence-corrected chi connectivity index (χ2v) is 6.85. The van der Waals surface area contributed by atoms with Gasteiger partial charge in [0.2, 0.25) is 0 Å². The Hall–Kier alpha value is -3.31. The fourth-order valence-electron chi connectivity index (χ4n) is 3.66. The van der Waals surface area contributed by atoms with Gasteiger partial charge in [-0.05, 0) is 0 Å². The van der Waals surface area contributed by atoms with Crippen molar-refractivity contribution < 1.29 is 37.4 Å². The van der Waals surface area contributed by atoms with Crippen LogP contribution in [-0.2, 0) is 14.2 Å². The Kier molecular flexibility index (Phi) is 4.76. The van der Waals surface area contributed by atoms with Gasteiger partial charge in [-0.2, -0.15) is 0 Å². The number of nitrogens with zero attached hydrogens (tertiary/aromatic N) is 2. The maximum absolute atomic E-state index is 14.7. The van der Waals surface area contributed by atoms with Crippen molar-refractivity contribution in [3.63, 3.8) is 0 Å². The first-order valence-corrected chi connectivity index (χ1v) is 8.87. The van der Waals surface area contributed by atoms with Gasteiger partial charge in [0, 0.05) is 18.7 Å². The van der Waals surface area contributed by atoms with E-state index in [-0.39, 0.29) is 43.6 Å². The number of hydrogen-bond acceptors (Lipinski definition) is 7. The van der Waals surface area contributed by atoms with Crippen LogP contribution in [0.15, 0.2) is 12.1 Å². The van der Waals surface area contributed by atoms with Gasteiger partial charge in [0.25, 0.3) is 0 Å². The van der Waals surface area contributed by atoms with Gasteiger partial charge in [-0.3, -0.25) is 4.90 Å². The Morgan fingerprint density at radius 2 is 1.97 bits per heavy atom. The van der Waals surface area contributed by atoms with Crippen LogP contribution >= 0.6 is 0 Å². The molecular formula is C17H18F2N4O6. The van der Waals surface area contributed by atoms with Crippen molar-refractivity contribution in [1.82, 2.24) is 10.6 Å². The van der Waals surface area contributed by atoms with Gasteiger partial charge >= 0.3 is 18.3 Å². The summed E-state index contributed by atoms with van der Waals surface area (Å²) in [4.78, 5) is 36.9. The summed E-state index contributed by atoms with van der Waals surface area (Å²) < 4.78 is 44.0. The third-order valence-corrected chi connectivity index (χ3v) is 4.99. The highest BCUT2D eigenvalue weighted by atomic mass is 19.1. The molecule has 1 aromatic carbocycles. The first-order chi connectivity index (χ1) is 13.9. The van der Waals surface area contributed by atoms with Crippen LogP contribution in [0.1, 0.15) is 0 Å². The van der Waals surface area contributed by atoms with Crippen LogP contribution in [-0.4, -0.2) is 69.8 Å². The summed E-state index contributed by atoms with van der Waals surface area (Å²) in [6.07, 6.45) is -3.17. The second-order valence-electron chi connectivity index (χ2n) is 6.85. The van der Waals surface area contributed by atoms with Crippen molar-refractivity contribution in [3.05, 3.63) is 23.8 Å². The van der Waals surface area contributed by atoms with Gasteiger partial charge in [-0.15, -0.1) is 0 Å². The SMILES string of the molecule is COC(=O)NCC1CN(c2cc(F)c(N3CC4NC(=O)OC4C3)c(F)c2)C(=O)O1. The third kappa shape index (κ3) is 3.57. The van der Waals surface area contributed by atoms with Gasteiger partial charge < -0.3 is 29.7 Å². The molecule has 3 saturated heterocycles. The molecule has 0 aromatic heterocycles. The zero-order valence-electron chi connectivity index (χ0n) is 15.3. The number of rotatable bonds is 4. The van der Waals surface area contributed by atoms with Crippen molar-refractivity contribution >= 4 is 29.7 Å². The third-order valence-electron chi connectivity index (χ3n) is 4.99. The predicted octanol–water partition coefficient (Wildman–Crippen LogP) is 0.943. The Morgan fingerprint density at radius 3 is 2.62 bits per heavy atom. The number of amides is 3. The molecule has 1 aromatic rings. The monoisotopic (exact) mass is 412 g/mol. The van der Waals surface area contributed by atoms with E-state index >= 15 is 0 Å². The van der Waals surface area contributed by atoms with Crippen LogP contribution in [0.5, 0.6) is 0 Å². The highest BCUT2D eigenvalue weighted by Gasteiger charge is 2.43. The maximum Gasteiger partial charge on any atom is 0.414 e. The molecule has 3 fully saturated rings. The summed E-state index contributed by atoms with van der Waals surface area (Å²) in [5.74, 6) is -1.70. The van der Waals surface area contributed by atoms with E-state index < -0.39 is 42.1 Å². The fraction of sp³-hybridized carbons (Fsp3) is 0.471. The summed E-state index contributed by atoms with van der Waals surface area (Å²) in [5.41, 5.74) is -0.254. The molecule has 3 atom stereocenters. The molecule has 4 rings (SSSR count). The first-order valence-electron chi connectivity index (χ1n) is 8.87. The lowest BCUT2D eigenvalue weighted by Gasteiger charge is -2.22. The van der Waals surface area contributed by atoms with Gasteiger partial charge in [-0.1, -0.05) is 0 Å². The number of carbonyl (C=O) groups excluding carboxylic acids is 3. The van der Waals surface area contributed by atoms with E-state index in [9.17, 15) is 23.2 Å². The molecular weight excluding hydrogens is 394 g/mol. The minimum absolute atomic E-state index is 0.000234. The molecule has 3 aliphatic rings. The van der Waals surface area contributed by atoms with Crippen LogP contribution in [0.3, 0.4) is 0 Å². The minimum Gasteiger partial charge on any atom is -0.453 e. The lowest BCUT2D eigenvalue weighted by Crippen LogP contribution is -2.34. The molecule has 29 heavy (non-hydrogen) atoms. The number of methoxy groups -OCH3 is 1. The molecule has 10 nitrogen and oxygen atoms in total. The van der Waals surface area contributed by atoms with Crippen LogP contribution in [0, 0.1) is 11.6 Å². The predicted molar refractivity (Wildman–Crippen MR) is 93.8 cm³/mol. The molecule has 3 aliphatic heterocycles. The van der Waals surface area contributed by atoms with Crippen molar-refractivity contribution in [3.8, 4) is 0 Å². The van der Waals surface area contributed by atoms with Crippen molar-refractivity contribution in [2.75, 3.05) is 43.1 Å². The Balaban J connectivity index is 1.47. The normalized spacial score (nSPS) is 25.4. The van der Waals surface area contributed by atoms with Crippen molar-refractivity contribution in [1.29, 1.82) is 0 Å². The number of carbonyl (C=O) groups is 3. The molecule has 2 N–H and O–H groups in total. The summed E-state index contributed by atoms with van der Waals surface area (Å²) in [7, 11) is 1.20. The van der Waals surface area contributed by atoms with E-state index in [2.05, 4.69) is 15.4 Å². The Bertz CT molecular complexity index is 829. The van der Waals surface area contributed by atoms with Crippen molar-refractivity contribution in [2.45, 2.75) is 18.2 Å². The smallest absolute Gasteiger partial charge is 0.414 e. The van der Waals surface area contributed by atoms with E-state index in [1.54, 1.807) is 0 Å². The lowest BCUT2D eigenvalue weighted by molar-refractivity contribution is 0.132. The molecule has 3 amide bonds. The zero-order chi connectivity index (χ0) is 20.7. The number of alkyl carbamates (subject to hydrolysis) is 2. The van der Waals surface area contributed by atoms with Gasteiger partial charge in [0.15, 0.2) is 11.6 Å². The van der Waals surface area contributed by atoms with Crippen LogP contribution in [0.4, 0.5) is 34.5 Å². The molecule has 3 heterocycles. The quantitative estimate of drug-likeness (QED) is 0.709. The molecule has 156 valence electrons. The largest absolute Gasteiger partial charge is 0.453 e. The van der Waals surface area contributed by atoms with E-state index in [0.29, 0.717) is 0 Å². The average molecular weight is 412 g/mol. The molecule has 12 heteroatoms. The topological polar surface area (TPSA) is 109 Å². The lowest BCUT2D eigenvalue weighted by atomic mass is 10.2. The molecule has 0 spiro atoms. The van der Waals surface area contributed by atoms with E-state index in [4.69, 9.17) is 9.47 Å². The molecule has 0 radical (unpaired) electrons. The fourth-order valence-corrected chi connectivity index (χ4v) is 3.66. The van der Waals surface area contributed by atoms with Gasteiger partial charge in [0.05, 0.1) is 38.5 Å². The van der Waals surface area contributed by atoms with Crippen LogP contribution in [0.25, 0.3) is 0 Å². The highest BCUT2D eigenvalue weighted by molar-refractivity contribution is 5.90. The van der Waals surface area contributed by atoms with Crippen LogP contribution in [0.2, 0.25) is 0 Å². The Morgan fingerprint density at radius 1 is 1.24 bits per heavy atom. The molecule has 0 aliphatic carbocycles. The van der Waals surface area contributed by atoms with E-state index in [1.165, 1.54) is 12.0 Å². The molecule has 0 saturated carbocycles. The summed E-state index contributed by atoms with van der Waals surface area (Å²) >= 11 is 0. The summed E-state index contributed by atoms with van der Waals surface area (Å²) in [6.45, 7) is 0.370. The highest BCUT2D eigenvalue weighted by Crippen LogP contribution is 2.34. The molecule has 0 bridgehead atoms. The number of anilines is 2. The zero-order valence-corrected chi connectivity index (χ0v) is 15.3. The number of cyclic esters (lactones) is 1. The van der Waals surface area contributed by atoms with Crippen LogP contribution < -0.4 is 20.4 Å². The minimum atomic E-state index is -0.852.